The lowest BCUT2D eigenvalue weighted by atomic mass is 10.1. The van der Waals surface area contributed by atoms with E-state index in [1.807, 2.05) is 11.0 Å². The number of ether oxygens (including phenoxy) is 2. The van der Waals surface area contributed by atoms with Gasteiger partial charge in [0.1, 0.15) is 0 Å². The Hall–Kier alpha value is -2.15. The van der Waals surface area contributed by atoms with Gasteiger partial charge in [-0.15, -0.1) is 0 Å². The molecule has 0 amide bonds. The van der Waals surface area contributed by atoms with Gasteiger partial charge >= 0.3 is 5.97 Å². The summed E-state index contributed by atoms with van der Waals surface area (Å²) in [4.78, 5) is 14.1. The number of hydrogen-bond acceptors (Lipinski definition) is 7. The monoisotopic (exact) mass is 353 g/mol. The summed E-state index contributed by atoms with van der Waals surface area (Å²) in [5, 5.41) is 13.6. The summed E-state index contributed by atoms with van der Waals surface area (Å²) in [7, 11) is -3.93. The van der Waals surface area contributed by atoms with Crippen LogP contribution in [0.25, 0.3) is 0 Å². The third-order valence-electron chi connectivity index (χ3n) is 3.53. The summed E-state index contributed by atoms with van der Waals surface area (Å²) >= 11 is 0. The zero-order valence-corrected chi connectivity index (χ0v) is 13.9. The van der Waals surface area contributed by atoms with Crippen molar-refractivity contribution in [2.24, 2.45) is 5.14 Å². The van der Waals surface area contributed by atoms with E-state index in [1.165, 1.54) is 12.1 Å². The van der Waals surface area contributed by atoms with Gasteiger partial charge in [-0.05, 0) is 24.6 Å². The molecule has 0 saturated carbocycles. The zero-order chi connectivity index (χ0) is 17.6. The molecule has 0 aromatic heterocycles. The fourth-order valence-corrected chi connectivity index (χ4v) is 2.87. The Kier molecular flexibility index (Phi) is 6.14. The number of anilines is 1. The molecule has 2 N–H and O–H groups in total. The molecule has 1 aliphatic rings. The standard InChI is InChI=1S/C15H19N3O5S/c16-5-1-2-8-23-15(19)13-11-12(24(17,20)21)3-4-14(13)18-6-9-22-10-7-18/h3-4,11H,1-2,6-10H2,(H2,17,20,21). The number of benzene rings is 1. The van der Waals surface area contributed by atoms with E-state index in [1.54, 1.807) is 6.07 Å². The SMILES string of the molecule is N#CCCCOC(=O)c1cc(S(N)(=O)=O)ccc1N1CCOCC1. The van der Waals surface area contributed by atoms with Crippen LogP contribution in [-0.4, -0.2) is 47.3 Å². The highest BCUT2D eigenvalue weighted by Gasteiger charge is 2.22. The summed E-state index contributed by atoms with van der Waals surface area (Å²) in [6.07, 6.45) is 0.699. The number of carbonyl (C=O) groups excluding carboxylic acids is 1. The van der Waals surface area contributed by atoms with Crippen molar-refractivity contribution in [3.05, 3.63) is 23.8 Å². The molecule has 9 heteroatoms. The Morgan fingerprint density at radius 2 is 2.08 bits per heavy atom. The molecule has 24 heavy (non-hydrogen) atoms. The third kappa shape index (κ3) is 4.67. The van der Waals surface area contributed by atoms with Crippen molar-refractivity contribution in [1.82, 2.24) is 0 Å². The van der Waals surface area contributed by atoms with Crippen LogP contribution in [0.5, 0.6) is 0 Å². The van der Waals surface area contributed by atoms with Gasteiger partial charge in [-0.2, -0.15) is 5.26 Å². The molecule has 1 aromatic rings. The second kappa shape index (κ2) is 8.10. The number of hydrogen-bond donors (Lipinski definition) is 1. The summed E-state index contributed by atoms with van der Waals surface area (Å²) in [5.74, 6) is -0.639. The van der Waals surface area contributed by atoms with Gasteiger partial charge in [0.2, 0.25) is 10.0 Å². The molecule has 8 nitrogen and oxygen atoms in total. The quantitative estimate of drug-likeness (QED) is 0.588. The molecule has 1 saturated heterocycles. The van der Waals surface area contributed by atoms with Crippen LogP contribution < -0.4 is 10.0 Å². The number of carbonyl (C=O) groups is 1. The number of unbranched alkanes of at least 4 members (excludes halogenated alkanes) is 1. The molecular formula is C15H19N3O5S. The minimum atomic E-state index is -3.93. The first-order valence-electron chi connectivity index (χ1n) is 7.47. The van der Waals surface area contributed by atoms with Crippen molar-refractivity contribution < 1.29 is 22.7 Å². The van der Waals surface area contributed by atoms with Crippen LogP contribution in [0.1, 0.15) is 23.2 Å². The lowest BCUT2D eigenvalue weighted by Crippen LogP contribution is -2.37. The van der Waals surface area contributed by atoms with Gasteiger partial charge in [-0.25, -0.2) is 18.4 Å². The van der Waals surface area contributed by atoms with E-state index in [2.05, 4.69) is 0 Å². The van der Waals surface area contributed by atoms with E-state index in [4.69, 9.17) is 19.9 Å². The molecule has 0 spiro atoms. The molecule has 0 bridgehead atoms. The molecule has 130 valence electrons. The number of primary sulfonamides is 1. The number of nitriles is 1. The lowest BCUT2D eigenvalue weighted by Gasteiger charge is -2.30. The smallest absolute Gasteiger partial charge is 0.340 e. The second-order valence-electron chi connectivity index (χ2n) is 5.22. The maximum atomic E-state index is 12.4. The largest absolute Gasteiger partial charge is 0.462 e. The highest BCUT2D eigenvalue weighted by molar-refractivity contribution is 7.89. The van der Waals surface area contributed by atoms with E-state index in [9.17, 15) is 13.2 Å². The van der Waals surface area contributed by atoms with Gasteiger partial charge in [0.15, 0.2) is 0 Å². The Bertz CT molecular complexity index is 736. The molecule has 0 aliphatic carbocycles. The molecule has 0 unspecified atom stereocenters. The molecular weight excluding hydrogens is 334 g/mol. The van der Waals surface area contributed by atoms with E-state index >= 15 is 0 Å². The van der Waals surface area contributed by atoms with Crippen LogP contribution in [0, 0.1) is 11.3 Å². The Balaban J connectivity index is 2.29. The van der Waals surface area contributed by atoms with Gasteiger partial charge in [-0.3, -0.25) is 0 Å². The third-order valence-corrected chi connectivity index (χ3v) is 4.45. The van der Waals surface area contributed by atoms with Crippen LogP contribution in [0.2, 0.25) is 0 Å². The fraction of sp³-hybridized carbons (Fsp3) is 0.467. The van der Waals surface area contributed by atoms with Gasteiger partial charge < -0.3 is 14.4 Å². The van der Waals surface area contributed by atoms with Crippen LogP contribution in [0.4, 0.5) is 5.69 Å². The van der Waals surface area contributed by atoms with Gasteiger partial charge in [0, 0.05) is 19.5 Å². The topological polar surface area (TPSA) is 123 Å². The van der Waals surface area contributed by atoms with Crippen LogP contribution in [0.3, 0.4) is 0 Å². The molecule has 2 rings (SSSR count). The van der Waals surface area contributed by atoms with Crippen molar-refractivity contribution in [3.8, 4) is 6.07 Å². The van der Waals surface area contributed by atoms with Crippen molar-refractivity contribution in [2.75, 3.05) is 37.8 Å². The van der Waals surface area contributed by atoms with Crippen LogP contribution >= 0.6 is 0 Å². The van der Waals surface area contributed by atoms with Crippen molar-refractivity contribution in [2.45, 2.75) is 17.7 Å². The Morgan fingerprint density at radius 1 is 1.38 bits per heavy atom. The highest BCUT2D eigenvalue weighted by atomic mass is 32.2. The second-order valence-corrected chi connectivity index (χ2v) is 6.78. The summed E-state index contributed by atoms with van der Waals surface area (Å²) in [6, 6.07) is 6.11. The average Bonchev–Trinajstić information content (AvgIpc) is 2.58. The summed E-state index contributed by atoms with van der Waals surface area (Å²) in [6.45, 7) is 2.31. The number of sulfonamides is 1. The number of morpholine rings is 1. The van der Waals surface area contributed by atoms with Crippen molar-refractivity contribution >= 4 is 21.7 Å². The zero-order valence-electron chi connectivity index (χ0n) is 13.1. The predicted molar refractivity (Wildman–Crippen MR) is 86.0 cm³/mol. The summed E-state index contributed by atoms with van der Waals surface area (Å²) in [5.41, 5.74) is 0.719. The van der Waals surface area contributed by atoms with E-state index in [-0.39, 0.29) is 23.5 Å². The van der Waals surface area contributed by atoms with Gasteiger partial charge in [0.25, 0.3) is 0 Å². The first kappa shape index (κ1) is 18.2. The van der Waals surface area contributed by atoms with Crippen LogP contribution in [-0.2, 0) is 19.5 Å². The predicted octanol–water partition coefficient (Wildman–Crippen LogP) is 0.631. The van der Waals surface area contributed by atoms with Crippen LogP contribution in [0.15, 0.2) is 23.1 Å². The Morgan fingerprint density at radius 3 is 2.71 bits per heavy atom. The average molecular weight is 353 g/mol. The minimum absolute atomic E-state index is 0.0918. The molecule has 1 heterocycles. The van der Waals surface area contributed by atoms with E-state index in [0.717, 1.165) is 0 Å². The number of nitrogens with zero attached hydrogens (tertiary/aromatic N) is 2. The first-order valence-corrected chi connectivity index (χ1v) is 9.02. The first-order chi connectivity index (χ1) is 11.4. The van der Waals surface area contributed by atoms with E-state index < -0.39 is 16.0 Å². The van der Waals surface area contributed by atoms with Gasteiger partial charge in [0.05, 0.1) is 42.0 Å². The maximum Gasteiger partial charge on any atom is 0.340 e. The number of esters is 1. The van der Waals surface area contributed by atoms with Crippen molar-refractivity contribution in [3.63, 3.8) is 0 Å². The van der Waals surface area contributed by atoms with Crippen molar-refractivity contribution in [1.29, 1.82) is 5.26 Å². The maximum absolute atomic E-state index is 12.4. The molecule has 1 aliphatic heterocycles. The summed E-state index contributed by atoms with van der Waals surface area (Å²) < 4.78 is 33.5. The van der Waals surface area contributed by atoms with Gasteiger partial charge in [-0.1, -0.05) is 0 Å². The molecule has 1 fully saturated rings. The molecule has 0 radical (unpaired) electrons. The number of rotatable bonds is 6. The molecule has 0 atom stereocenters. The Labute approximate surface area is 140 Å². The normalized spacial score (nSPS) is 14.9. The molecule has 1 aromatic carbocycles. The fourth-order valence-electron chi connectivity index (χ4n) is 2.33. The van der Waals surface area contributed by atoms with E-state index in [0.29, 0.717) is 38.4 Å². The minimum Gasteiger partial charge on any atom is -0.462 e. The highest BCUT2D eigenvalue weighted by Crippen LogP contribution is 2.25. The number of nitrogens with two attached hydrogens (primary N) is 1. The lowest BCUT2D eigenvalue weighted by molar-refractivity contribution is 0.0501.